The monoisotopic (exact) mass is 250 g/mol. The highest BCUT2D eigenvalue weighted by atomic mass is 32.1. The number of aromatic nitrogens is 3. The van der Waals surface area contributed by atoms with Gasteiger partial charge in [-0.05, 0) is 25.5 Å². The third-order valence-electron chi connectivity index (χ3n) is 2.83. The van der Waals surface area contributed by atoms with Gasteiger partial charge in [0, 0.05) is 22.8 Å². The van der Waals surface area contributed by atoms with Crippen molar-refractivity contribution >= 4 is 11.3 Å². The number of rotatable bonds is 5. The first-order valence-corrected chi connectivity index (χ1v) is 6.67. The van der Waals surface area contributed by atoms with Crippen molar-refractivity contribution < 1.29 is 0 Å². The molecule has 2 rings (SSSR count). The minimum Gasteiger partial charge on any atom is -0.320 e. The van der Waals surface area contributed by atoms with Crippen molar-refractivity contribution in [3.63, 3.8) is 0 Å². The summed E-state index contributed by atoms with van der Waals surface area (Å²) in [4.78, 5) is 2.82. The lowest BCUT2D eigenvalue weighted by molar-refractivity contribution is 0.555. The first-order chi connectivity index (χ1) is 8.20. The predicted molar refractivity (Wildman–Crippen MR) is 70.0 cm³/mol. The zero-order valence-corrected chi connectivity index (χ0v) is 11.3. The van der Waals surface area contributed by atoms with Crippen molar-refractivity contribution in [2.24, 2.45) is 7.05 Å². The van der Waals surface area contributed by atoms with Gasteiger partial charge in [-0.3, -0.25) is 0 Å². The molecule has 1 unspecified atom stereocenters. The van der Waals surface area contributed by atoms with Gasteiger partial charge in [0.25, 0.3) is 0 Å². The Hall–Kier alpha value is -1.20. The average molecular weight is 250 g/mol. The van der Waals surface area contributed by atoms with Crippen LogP contribution in [0, 0.1) is 0 Å². The Labute approximate surface area is 106 Å². The molecule has 2 aromatic rings. The van der Waals surface area contributed by atoms with Crippen LogP contribution in [0.25, 0.3) is 0 Å². The Bertz CT molecular complexity index is 474. The molecule has 0 saturated heterocycles. The molecule has 1 atom stereocenters. The number of nitrogens with one attached hydrogen (secondary N) is 1. The van der Waals surface area contributed by atoms with E-state index in [-0.39, 0.29) is 0 Å². The number of hydrogen-bond donors (Lipinski definition) is 1. The molecule has 0 fully saturated rings. The van der Waals surface area contributed by atoms with Crippen molar-refractivity contribution in [2.45, 2.75) is 32.9 Å². The van der Waals surface area contributed by atoms with Crippen molar-refractivity contribution in [1.82, 2.24) is 20.1 Å². The van der Waals surface area contributed by atoms with E-state index in [9.17, 15) is 0 Å². The minimum absolute atomic E-state index is 0.358. The maximum absolute atomic E-state index is 4.06. The lowest BCUT2D eigenvalue weighted by Crippen LogP contribution is -2.19. The summed E-state index contributed by atoms with van der Waals surface area (Å²) >= 11 is 1.88. The van der Waals surface area contributed by atoms with Crippen molar-refractivity contribution in [2.75, 3.05) is 0 Å². The molecule has 4 nitrogen and oxygen atoms in total. The largest absolute Gasteiger partial charge is 0.320 e. The first-order valence-electron chi connectivity index (χ1n) is 5.85. The Balaban J connectivity index is 1.93. The summed E-state index contributed by atoms with van der Waals surface area (Å²) in [6.45, 7) is 5.12. The third kappa shape index (κ3) is 2.92. The number of hydrogen-bond acceptors (Lipinski definition) is 4. The van der Waals surface area contributed by atoms with Crippen LogP contribution in [0.3, 0.4) is 0 Å². The third-order valence-corrected chi connectivity index (χ3v) is 4.24. The summed E-state index contributed by atoms with van der Waals surface area (Å²) in [5.74, 6) is 0.962. The molecule has 92 valence electrons. The van der Waals surface area contributed by atoms with Crippen molar-refractivity contribution in [3.8, 4) is 0 Å². The fourth-order valence-corrected chi connectivity index (χ4v) is 2.61. The van der Waals surface area contributed by atoms with E-state index in [1.165, 1.54) is 9.75 Å². The van der Waals surface area contributed by atoms with E-state index in [0.29, 0.717) is 6.04 Å². The van der Waals surface area contributed by atoms with Gasteiger partial charge in [-0.25, -0.2) is 0 Å². The zero-order valence-electron chi connectivity index (χ0n) is 10.5. The molecule has 0 radical (unpaired) electrons. The van der Waals surface area contributed by atoms with Gasteiger partial charge in [0.15, 0.2) is 0 Å². The normalized spacial score (nSPS) is 12.9. The van der Waals surface area contributed by atoms with E-state index in [2.05, 4.69) is 41.5 Å². The second-order valence-electron chi connectivity index (χ2n) is 4.12. The van der Waals surface area contributed by atoms with Crippen LogP contribution in [-0.2, 0) is 20.0 Å². The predicted octanol–water partition coefficient (Wildman–Crippen LogP) is 2.29. The van der Waals surface area contributed by atoms with Gasteiger partial charge in [0.1, 0.15) is 12.2 Å². The molecule has 0 spiro atoms. The SMILES string of the molecule is CCc1ccc(C(C)NCc2nncn2C)s1. The van der Waals surface area contributed by atoms with Gasteiger partial charge in [-0.1, -0.05) is 6.92 Å². The van der Waals surface area contributed by atoms with E-state index in [0.717, 1.165) is 18.8 Å². The highest BCUT2D eigenvalue weighted by molar-refractivity contribution is 7.12. The molecular weight excluding hydrogens is 232 g/mol. The molecule has 0 aromatic carbocycles. The zero-order chi connectivity index (χ0) is 12.3. The summed E-state index contributed by atoms with van der Waals surface area (Å²) < 4.78 is 1.94. The highest BCUT2D eigenvalue weighted by Crippen LogP contribution is 2.23. The Morgan fingerprint density at radius 2 is 2.29 bits per heavy atom. The first kappa shape index (κ1) is 12.3. The summed E-state index contributed by atoms with van der Waals surface area (Å²) in [6, 6.07) is 4.77. The number of nitrogens with zero attached hydrogens (tertiary/aromatic N) is 3. The molecule has 0 aliphatic heterocycles. The molecule has 0 saturated carbocycles. The standard InChI is InChI=1S/C12H18N4S/c1-4-10-5-6-11(17-10)9(2)13-7-12-15-14-8-16(12)3/h5-6,8-9,13H,4,7H2,1-3H3. The molecule has 0 aliphatic carbocycles. The second kappa shape index (κ2) is 5.42. The molecular formula is C12H18N4S. The van der Waals surface area contributed by atoms with E-state index in [4.69, 9.17) is 0 Å². The molecule has 17 heavy (non-hydrogen) atoms. The average Bonchev–Trinajstić information content (AvgIpc) is 2.94. The van der Waals surface area contributed by atoms with Gasteiger partial charge in [0.2, 0.25) is 0 Å². The summed E-state index contributed by atoms with van der Waals surface area (Å²) in [6.07, 6.45) is 2.84. The van der Waals surface area contributed by atoms with E-state index >= 15 is 0 Å². The minimum atomic E-state index is 0.358. The molecule has 2 heterocycles. The quantitative estimate of drug-likeness (QED) is 0.885. The molecule has 0 aliphatic rings. The second-order valence-corrected chi connectivity index (χ2v) is 5.32. The fourth-order valence-electron chi connectivity index (χ4n) is 1.63. The van der Waals surface area contributed by atoms with Crippen LogP contribution in [0.15, 0.2) is 18.5 Å². The van der Waals surface area contributed by atoms with Crippen LogP contribution in [0.2, 0.25) is 0 Å². The molecule has 1 N–H and O–H groups in total. The van der Waals surface area contributed by atoms with Crippen molar-refractivity contribution in [1.29, 1.82) is 0 Å². The number of aryl methyl sites for hydroxylation is 2. The molecule has 2 aromatic heterocycles. The lowest BCUT2D eigenvalue weighted by atomic mass is 10.2. The van der Waals surface area contributed by atoms with Crippen LogP contribution in [0.5, 0.6) is 0 Å². The summed E-state index contributed by atoms with van der Waals surface area (Å²) in [5.41, 5.74) is 0. The van der Waals surface area contributed by atoms with Gasteiger partial charge in [-0.2, -0.15) is 0 Å². The Kier molecular flexibility index (Phi) is 3.91. The van der Waals surface area contributed by atoms with Crippen LogP contribution >= 0.6 is 11.3 Å². The topological polar surface area (TPSA) is 42.7 Å². The summed E-state index contributed by atoms with van der Waals surface area (Å²) in [5, 5.41) is 11.4. The molecule has 0 amide bonds. The maximum atomic E-state index is 4.06. The van der Waals surface area contributed by atoms with E-state index < -0.39 is 0 Å². The van der Waals surface area contributed by atoms with Gasteiger partial charge >= 0.3 is 0 Å². The Morgan fingerprint density at radius 3 is 2.88 bits per heavy atom. The smallest absolute Gasteiger partial charge is 0.146 e. The molecule has 0 bridgehead atoms. The van der Waals surface area contributed by atoms with Gasteiger partial charge in [-0.15, -0.1) is 21.5 Å². The fraction of sp³-hybridized carbons (Fsp3) is 0.500. The van der Waals surface area contributed by atoms with E-state index in [1.807, 2.05) is 23.0 Å². The summed E-state index contributed by atoms with van der Waals surface area (Å²) in [7, 11) is 1.96. The van der Waals surface area contributed by atoms with E-state index in [1.54, 1.807) is 6.33 Å². The van der Waals surface area contributed by atoms with Crippen LogP contribution < -0.4 is 5.32 Å². The van der Waals surface area contributed by atoms with Crippen LogP contribution in [-0.4, -0.2) is 14.8 Å². The van der Waals surface area contributed by atoms with Gasteiger partial charge in [0.05, 0.1) is 6.54 Å². The van der Waals surface area contributed by atoms with Crippen LogP contribution in [0.4, 0.5) is 0 Å². The Morgan fingerprint density at radius 1 is 1.47 bits per heavy atom. The van der Waals surface area contributed by atoms with Gasteiger partial charge < -0.3 is 9.88 Å². The van der Waals surface area contributed by atoms with Crippen molar-refractivity contribution in [3.05, 3.63) is 34.0 Å². The van der Waals surface area contributed by atoms with Crippen LogP contribution in [0.1, 0.15) is 35.5 Å². The molecule has 5 heteroatoms. The number of thiophene rings is 1. The maximum Gasteiger partial charge on any atom is 0.146 e. The highest BCUT2D eigenvalue weighted by Gasteiger charge is 2.09. The lowest BCUT2D eigenvalue weighted by Gasteiger charge is -2.11.